The molecule has 0 fully saturated rings. The van der Waals surface area contributed by atoms with Crippen LogP contribution in [-0.4, -0.2) is 36.9 Å². The topological polar surface area (TPSA) is 105 Å². The number of methoxy groups -OCH3 is 1. The highest BCUT2D eigenvalue weighted by atomic mass is 16.7. The summed E-state index contributed by atoms with van der Waals surface area (Å²) in [6.45, 7) is 7.31. The Bertz CT molecular complexity index is 803. The van der Waals surface area contributed by atoms with E-state index in [9.17, 15) is 19.7 Å². The van der Waals surface area contributed by atoms with Crippen LogP contribution in [0.25, 0.3) is 0 Å². The second-order valence-electron chi connectivity index (χ2n) is 8.64. The first-order chi connectivity index (χ1) is 14.1. The van der Waals surface area contributed by atoms with E-state index in [2.05, 4.69) is 6.92 Å². The Morgan fingerprint density at radius 1 is 1.30 bits per heavy atom. The number of benzene rings is 1. The van der Waals surface area contributed by atoms with E-state index in [0.717, 1.165) is 12.8 Å². The molecule has 0 N–H and O–H groups in total. The summed E-state index contributed by atoms with van der Waals surface area (Å²) in [5.41, 5.74) is 0.382. The van der Waals surface area contributed by atoms with Gasteiger partial charge in [-0.05, 0) is 29.5 Å². The maximum absolute atomic E-state index is 12.9. The number of fused-ring (bicyclic) bond motifs is 1. The molecule has 0 radical (unpaired) electrons. The minimum absolute atomic E-state index is 0.0333. The quantitative estimate of drug-likeness (QED) is 0.283. The second kappa shape index (κ2) is 9.91. The van der Waals surface area contributed by atoms with Crippen LogP contribution in [-0.2, 0) is 9.59 Å². The lowest BCUT2D eigenvalue weighted by molar-refractivity contribution is -0.484. The van der Waals surface area contributed by atoms with Crippen LogP contribution in [0.1, 0.15) is 64.9 Å². The summed E-state index contributed by atoms with van der Waals surface area (Å²) in [4.78, 5) is 36.2. The van der Waals surface area contributed by atoms with Crippen LogP contribution in [0.15, 0.2) is 12.1 Å². The molecule has 0 saturated heterocycles. The van der Waals surface area contributed by atoms with E-state index in [1.165, 1.54) is 7.11 Å². The Hall–Kier alpha value is -2.64. The van der Waals surface area contributed by atoms with Crippen molar-refractivity contribution in [2.45, 2.75) is 59.3 Å². The van der Waals surface area contributed by atoms with Crippen LogP contribution in [0.4, 0.5) is 0 Å². The van der Waals surface area contributed by atoms with Crippen molar-refractivity contribution in [2.24, 2.45) is 11.3 Å². The number of Topliss-reactive ketones (excluding diaryl/α,β-unsaturated/α-hetero) is 2. The van der Waals surface area contributed by atoms with Gasteiger partial charge in [0, 0.05) is 17.3 Å². The van der Waals surface area contributed by atoms with Gasteiger partial charge in [-0.25, -0.2) is 0 Å². The van der Waals surface area contributed by atoms with Crippen LogP contribution < -0.4 is 14.2 Å². The lowest BCUT2D eigenvalue weighted by Gasteiger charge is -2.24. The molecule has 166 valence electrons. The Balaban J connectivity index is 2.22. The average molecular weight is 421 g/mol. The van der Waals surface area contributed by atoms with Gasteiger partial charge in [0.2, 0.25) is 19.1 Å². The first kappa shape index (κ1) is 23.6. The number of nitro groups is 1. The summed E-state index contributed by atoms with van der Waals surface area (Å²) >= 11 is 0. The molecule has 30 heavy (non-hydrogen) atoms. The number of carbonyl (C=O) groups excluding carboxylic acids is 2. The van der Waals surface area contributed by atoms with Crippen molar-refractivity contribution in [1.29, 1.82) is 0 Å². The number of rotatable bonds is 12. The standard InChI is InChI=1S/C22H31NO7/c1-6-7-22(3,4)11-16(24)10-18(25)14(2)17(12-23(26)27)15-8-19(28-5)21-20(9-15)29-13-30-21/h8-9,14,17H,6-7,10-13H2,1-5H3/t14?,17-/m0/s1. The van der Waals surface area contributed by atoms with Crippen molar-refractivity contribution >= 4 is 11.6 Å². The molecule has 0 saturated carbocycles. The molecule has 1 aliphatic rings. The van der Waals surface area contributed by atoms with E-state index in [4.69, 9.17) is 14.2 Å². The number of nitrogens with zero attached hydrogens (tertiary/aromatic N) is 1. The molecule has 2 rings (SSSR count). The molecule has 0 bridgehead atoms. The molecular formula is C22H31NO7. The van der Waals surface area contributed by atoms with Crippen LogP contribution in [0.3, 0.4) is 0 Å². The highest BCUT2D eigenvalue weighted by Crippen LogP contribution is 2.44. The molecule has 1 unspecified atom stereocenters. The summed E-state index contributed by atoms with van der Waals surface area (Å²) in [5, 5.41) is 11.3. The SMILES string of the molecule is CCCC(C)(C)CC(=O)CC(=O)C(C)[C@H](C[N+](=O)[O-])c1cc(OC)c2c(c1)OCO2. The van der Waals surface area contributed by atoms with Gasteiger partial charge in [0.05, 0.1) is 19.4 Å². The molecule has 1 aromatic rings. The number of carbonyl (C=O) groups is 2. The van der Waals surface area contributed by atoms with Gasteiger partial charge in [0.15, 0.2) is 11.5 Å². The maximum atomic E-state index is 12.9. The highest BCUT2D eigenvalue weighted by molar-refractivity contribution is 6.00. The zero-order valence-corrected chi connectivity index (χ0v) is 18.4. The second-order valence-corrected chi connectivity index (χ2v) is 8.64. The zero-order valence-electron chi connectivity index (χ0n) is 18.4. The third kappa shape index (κ3) is 5.93. The Kier molecular flexibility index (Phi) is 7.81. The van der Waals surface area contributed by atoms with Crippen LogP contribution >= 0.6 is 0 Å². The van der Waals surface area contributed by atoms with Crippen molar-refractivity contribution in [3.8, 4) is 17.2 Å². The number of ketones is 2. The third-order valence-corrected chi connectivity index (χ3v) is 5.54. The normalized spacial score (nSPS) is 14.8. The van der Waals surface area contributed by atoms with Crippen LogP contribution in [0, 0.1) is 21.4 Å². The van der Waals surface area contributed by atoms with Gasteiger partial charge in [-0.15, -0.1) is 0 Å². The summed E-state index contributed by atoms with van der Waals surface area (Å²) in [5.74, 6) is -0.594. The molecule has 1 heterocycles. The highest BCUT2D eigenvalue weighted by Gasteiger charge is 2.34. The van der Waals surface area contributed by atoms with Crippen molar-refractivity contribution < 1.29 is 28.7 Å². The molecule has 8 nitrogen and oxygen atoms in total. The van der Waals surface area contributed by atoms with E-state index in [1.54, 1.807) is 19.1 Å². The van der Waals surface area contributed by atoms with Gasteiger partial charge in [-0.3, -0.25) is 19.7 Å². The van der Waals surface area contributed by atoms with Crippen molar-refractivity contribution in [2.75, 3.05) is 20.4 Å². The lowest BCUT2D eigenvalue weighted by Crippen LogP contribution is -2.28. The number of hydrogen-bond donors (Lipinski definition) is 0. The molecule has 0 spiro atoms. The van der Waals surface area contributed by atoms with Gasteiger partial charge < -0.3 is 14.2 Å². The molecule has 1 aliphatic heterocycles. The van der Waals surface area contributed by atoms with Crippen molar-refractivity contribution in [3.05, 3.63) is 27.8 Å². The predicted molar refractivity (Wildman–Crippen MR) is 111 cm³/mol. The third-order valence-electron chi connectivity index (χ3n) is 5.54. The number of ether oxygens (including phenoxy) is 3. The molecule has 8 heteroatoms. The number of hydrogen-bond acceptors (Lipinski definition) is 7. The maximum Gasteiger partial charge on any atom is 0.231 e. The van der Waals surface area contributed by atoms with E-state index >= 15 is 0 Å². The lowest BCUT2D eigenvalue weighted by atomic mass is 9.79. The van der Waals surface area contributed by atoms with Gasteiger partial charge in [0.1, 0.15) is 11.6 Å². The fourth-order valence-electron chi connectivity index (χ4n) is 4.02. The average Bonchev–Trinajstić information content (AvgIpc) is 3.12. The first-order valence-corrected chi connectivity index (χ1v) is 10.2. The molecule has 2 atom stereocenters. The first-order valence-electron chi connectivity index (χ1n) is 10.2. The predicted octanol–water partition coefficient (Wildman–Crippen LogP) is 4.17. The van der Waals surface area contributed by atoms with Crippen LogP contribution in [0.5, 0.6) is 17.2 Å². The van der Waals surface area contributed by atoms with E-state index in [1.807, 2.05) is 13.8 Å². The molecule has 0 aliphatic carbocycles. The summed E-state index contributed by atoms with van der Waals surface area (Å²) in [7, 11) is 1.47. The van der Waals surface area contributed by atoms with Crippen molar-refractivity contribution in [3.63, 3.8) is 0 Å². The van der Waals surface area contributed by atoms with E-state index in [0.29, 0.717) is 29.2 Å². The molecule has 0 amide bonds. The zero-order chi connectivity index (χ0) is 22.5. The Morgan fingerprint density at radius 2 is 2.00 bits per heavy atom. The van der Waals surface area contributed by atoms with Gasteiger partial charge in [-0.2, -0.15) is 0 Å². The van der Waals surface area contributed by atoms with Gasteiger partial charge >= 0.3 is 0 Å². The summed E-state index contributed by atoms with van der Waals surface area (Å²) in [6, 6.07) is 3.28. The molecule has 0 aromatic heterocycles. The fourth-order valence-corrected chi connectivity index (χ4v) is 4.02. The smallest absolute Gasteiger partial charge is 0.231 e. The van der Waals surface area contributed by atoms with Gasteiger partial charge in [-0.1, -0.05) is 34.1 Å². The van der Waals surface area contributed by atoms with E-state index < -0.39 is 23.3 Å². The monoisotopic (exact) mass is 421 g/mol. The largest absolute Gasteiger partial charge is 0.493 e. The van der Waals surface area contributed by atoms with E-state index in [-0.39, 0.29) is 30.2 Å². The minimum atomic E-state index is -0.715. The minimum Gasteiger partial charge on any atom is -0.493 e. The fraction of sp³-hybridized carbons (Fsp3) is 0.636. The van der Waals surface area contributed by atoms with Crippen molar-refractivity contribution in [1.82, 2.24) is 0 Å². The molecular weight excluding hydrogens is 390 g/mol. The summed E-state index contributed by atoms with van der Waals surface area (Å²) < 4.78 is 16.1. The Morgan fingerprint density at radius 3 is 2.60 bits per heavy atom. The Labute approximate surface area is 177 Å². The van der Waals surface area contributed by atoms with Gasteiger partial charge in [0.25, 0.3) is 0 Å². The van der Waals surface area contributed by atoms with Crippen LogP contribution in [0.2, 0.25) is 0 Å². The summed E-state index contributed by atoms with van der Waals surface area (Å²) in [6.07, 6.45) is 1.95. The molecule has 1 aromatic carbocycles.